The molecule has 6 N–H and O–H groups in total. The zero-order valence-electron chi connectivity index (χ0n) is 24.5. The summed E-state index contributed by atoms with van der Waals surface area (Å²) in [6, 6.07) is 6.55. The molecule has 2 amide bonds. The number of benzene rings is 1. The minimum Gasteiger partial charge on any atom is -0.483 e. The van der Waals surface area contributed by atoms with Crippen LogP contribution < -0.4 is 26.6 Å². The van der Waals surface area contributed by atoms with Gasteiger partial charge >= 0.3 is 6.18 Å². The smallest absolute Gasteiger partial charge is 0.435 e. The lowest BCUT2D eigenvalue weighted by Gasteiger charge is -2.12. The Kier molecular flexibility index (Phi) is 11.7. The van der Waals surface area contributed by atoms with E-state index in [-0.39, 0.29) is 71.4 Å². The third-order valence-corrected chi connectivity index (χ3v) is 7.05. The molecule has 0 unspecified atom stereocenters. The minimum atomic E-state index is -4.75. The van der Waals surface area contributed by atoms with Crippen LogP contribution in [-0.2, 0) is 22.3 Å². The van der Waals surface area contributed by atoms with Crippen molar-refractivity contribution >= 4 is 47.0 Å². The number of aromatic nitrogens is 5. The molecular formula is C28H29ClF3N11O4. The molecular weight excluding hydrogens is 647 g/mol. The van der Waals surface area contributed by atoms with Crippen molar-refractivity contribution in [1.82, 2.24) is 45.4 Å². The van der Waals surface area contributed by atoms with Crippen LogP contribution in [0, 0.1) is 11.3 Å². The van der Waals surface area contributed by atoms with Gasteiger partial charge in [-0.2, -0.15) is 23.5 Å². The molecule has 0 aliphatic carbocycles. The first-order valence-corrected chi connectivity index (χ1v) is 14.4. The van der Waals surface area contributed by atoms with Crippen molar-refractivity contribution in [3.8, 4) is 17.3 Å². The predicted molar refractivity (Wildman–Crippen MR) is 163 cm³/mol. The Morgan fingerprint density at radius 3 is 2.72 bits per heavy atom. The van der Waals surface area contributed by atoms with Crippen molar-refractivity contribution in [2.75, 3.05) is 38.0 Å². The Labute approximate surface area is 270 Å². The van der Waals surface area contributed by atoms with Gasteiger partial charge in [-0.25, -0.2) is 9.97 Å². The van der Waals surface area contributed by atoms with Gasteiger partial charge in [-0.05, 0) is 31.2 Å². The Morgan fingerprint density at radius 1 is 1.26 bits per heavy atom. The summed E-state index contributed by atoms with van der Waals surface area (Å²) >= 11 is 6.39. The monoisotopic (exact) mass is 675 g/mol. The summed E-state index contributed by atoms with van der Waals surface area (Å²) < 4.78 is 43.5. The van der Waals surface area contributed by atoms with Crippen LogP contribution in [-0.4, -0.2) is 86.3 Å². The summed E-state index contributed by atoms with van der Waals surface area (Å²) in [4.78, 5) is 41.5. The number of carbonyl (C=O) groups excluding carboxylic acids is 2. The fraction of sp³-hybridized carbons (Fsp3) is 0.321. The molecule has 1 fully saturated rings. The number of amides is 2. The van der Waals surface area contributed by atoms with E-state index in [9.17, 15) is 22.8 Å². The number of carbonyl (C=O) groups is 3. The highest BCUT2D eigenvalue weighted by Crippen LogP contribution is 2.37. The number of nitrogens with zero attached hydrogens (tertiary/aromatic N) is 6. The summed E-state index contributed by atoms with van der Waals surface area (Å²) in [5, 5.41) is 34.4. The van der Waals surface area contributed by atoms with Gasteiger partial charge in [0, 0.05) is 50.0 Å². The van der Waals surface area contributed by atoms with Crippen LogP contribution in [0.1, 0.15) is 22.5 Å². The number of imidazole rings is 1. The molecule has 1 saturated heterocycles. The number of hydrogen-bond acceptors (Lipinski definition) is 10. The first-order valence-electron chi connectivity index (χ1n) is 14.0. The van der Waals surface area contributed by atoms with Crippen LogP contribution in [0.4, 0.5) is 24.7 Å². The molecule has 1 atom stereocenters. The number of nitrogens with one attached hydrogen (secondary N) is 5. The molecule has 4 heterocycles. The first-order chi connectivity index (χ1) is 22.5. The van der Waals surface area contributed by atoms with Crippen molar-refractivity contribution in [2.45, 2.75) is 25.2 Å². The van der Waals surface area contributed by atoms with Crippen LogP contribution in [0.15, 0.2) is 43.0 Å². The summed E-state index contributed by atoms with van der Waals surface area (Å²) in [5.41, 5.74) is -0.363. The van der Waals surface area contributed by atoms with Crippen molar-refractivity contribution in [3.05, 3.63) is 59.3 Å². The van der Waals surface area contributed by atoms with Crippen molar-refractivity contribution < 1.29 is 32.7 Å². The number of nitriles is 1. The Morgan fingerprint density at radius 2 is 2.04 bits per heavy atom. The van der Waals surface area contributed by atoms with E-state index in [2.05, 4.69) is 41.7 Å². The molecule has 0 bridgehead atoms. The van der Waals surface area contributed by atoms with Gasteiger partial charge in [0.1, 0.15) is 6.54 Å². The number of rotatable bonds is 11. The highest BCUT2D eigenvalue weighted by molar-refractivity contribution is 6.34. The maximum atomic E-state index is 13.7. The molecule has 248 valence electrons. The second-order valence-electron chi connectivity index (χ2n) is 9.97. The normalized spacial score (nSPS) is 14.1. The first kappa shape index (κ1) is 34.6. The van der Waals surface area contributed by atoms with Gasteiger partial charge < -0.3 is 31.7 Å². The van der Waals surface area contributed by atoms with E-state index in [4.69, 9.17) is 26.8 Å². The van der Waals surface area contributed by atoms with Crippen LogP contribution in [0.3, 0.4) is 0 Å². The van der Waals surface area contributed by atoms with Crippen LogP contribution in [0.25, 0.3) is 16.9 Å². The topological polar surface area (TPSA) is 203 Å². The average molecular weight is 676 g/mol. The summed E-state index contributed by atoms with van der Waals surface area (Å²) in [6.07, 6.45) is 1.41. The summed E-state index contributed by atoms with van der Waals surface area (Å²) in [6.45, 7) is 1.84. The molecule has 0 radical (unpaired) electrons. The lowest BCUT2D eigenvalue weighted by Crippen LogP contribution is -2.42. The lowest BCUT2D eigenvalue weighted by atomic mass is 10.2. The molecule has 1 aromatic carbocycles. The third-order valence-electron chi connectivity index (χ3n) is 6.74. The number of halogens is 4. The van der Waals surface area contributed by atoms with E-state index in [1.165, 1.54) is 35.1 Å². The molecule has 0 spiro atoms. The van der Waals surface area contributed by atoms with Gasteiger partial charge in [0.25, 0.3) is 12.4 Å². The third kappa shape index (κ3) is 8.94. The number of carboxylic acid groups (broad SMARTS) is 1. The molecule has 4 aromatic rings. The van der Waals surface area contributed by atoms with E-state index >= 15 is 0 Å². The van der Waals surface area contributed by atoms with Crippen molar-refractivity contribution in [3.63, 3.8) is 0 Å². The van der Waals surface area contributed by atoms with Crippen molar-refractivity contribution in [1.29, 1.82) is 5.26 Å². The molecule has 15 nitrogen and oxygen atoms in total. The van der Waals surface area contributed by atoms with Gasteiger partial charge in [0.15, 0.2) is 17.2 Å². The average Bonchev–Trinajstić information content (AvgIpc) is 3.78. The number of alkyl halides is 3. The standard InChI is InChI=1S/C27H27ClF3N11O2.CH2O2/c28-20-11-16(1-2-18(20)26(44)36-7-6-34-14-22(43)38-17-3-5-33-12-17)39-24-25-37-13-21(42(25)10-8-35-24)19-15-41(9-4-32)40-23(19)27(29,30)31;2-1-3/h1-2,8,10-11,13,15,17,33-34H,3,5-7,9,12,14H2,(H,35,39)(H,36,44)(H,38,43);1H,(H,2,3)/t17-;/m1./s1. The Bertz CT molecular complexity index is 1760. The van der Waals surface area contributed by atoms with Gasteiger partial charge in [-0.15, -0.1) is 0 Å². The molecule has 3 aromatic heterocycles. The summed E-state index contributed by atoms with van der Waals surface area (Å²) in [7, 11) is 0. The zero-order chi connectivity index (χ0) is 34.0. The molecule has 19 heteroatoms. The van der Waals surface area contributed by atoms with Crippen LogP contribution >= 0.6 is 11.6 Å². The number of anilines is 2. The number of fused-ring (bicyclic) bond motifs is 1. The van der Waals surface area contributed by atoms with Crippen LogP contribution in [0.5, 0.6) is 0 Å². The molecule has 5 rings (SSSR count). The highest BCUT2D eigenvalue weighted by Gasteiger charge is 2.38. The van der Waals surface area contributed by atoms with Gasteiger partial charge in [0.05, 0.1) is 40.7 Å². The molecule has 47 heavy (non-hydrogen) atoms. The highest BCUT2D eigenvalue weighted by atomic mass is 35.5. The van der Waals surface area contributed by atoms with E-state index in [1.807, 2.05) is 0 Å². The van der Waals surface area contributed by atoms with Gasteiger partial charge in [0.2, 0.25) is 5.91 Å². The van der Waals surface area contributed by atoms with E-state index in [0.29, 0.717) is 12.2 Å². The van der Waals surface area contributed by atoms with E-state index in [0.717, 1.165) is 30.4 Å². The van der Waals surface area contributed by atoms with Gasteiger partial charge in [-0.1, -0.05) is 11.6 Å². The second-order valence-corrected chi connectivity index (χ2v) is 10.4. The molecule has 0 saturated carbocycles. The SMILES string of the molecule is N#CCn1cc(-c2cnc3c(Nc4ccc(C(=O)NCCNCC(=O)N[C@@H]5CCNC5)c(Cl)c4)nccn23)c(C(F)(F)F)n1.O=CO. The lowest BCUT2D eigenvalue weighted by molar-refractivity contribution is -0.141. The molecule has 1 aliphatic heterocycles. The Balaban J connectivity index is 0.00000160. The maximum Gasteiger partial charge on any atom is 0.435 e. The molecule has 1 aliphatic rings. The van der Waals surface area contributed by atoms with Crippen molar-refractivity contribution in [2.24, 2.45) is 0 Å². The predicted octanol–water partition coefficient (Wildman–Crippen LogP) is 2.03. The Hall–Kier alpha value is -5.25. The van der Waals surface area contributed by atoms with E-state index < -0.39 is 17.8 Å². The second kappa shape index (κ2) is 15.8. The van der Waals surface area contributed by atoms with E-state index in [1.54, 1.807) is 12.1 Å². The fourth-order valence-corrected chi connectivity index (χ4v) is 4.98. The minimum absolute atomic E-state index is 0.105. The fourth-order valence-electron chi connectivity index (χ4n) is 4.71. The zero-order valence-corrected chi connectivity index (χ0v) is 25.3. The van der Waals surface area contributed by atoms with Crippen LogP contribution in [0.2, 0.25) is 5.02 Å². The number of hydrogen-bond donors (Lipinski definition) is 6. The largest absolute Gasteiger partial charge is 0.483 e. The maximum absolute atomic E-state index is 13.7. The quantitative estimate of drug-likeness (QED) is 0.100. The summed E-state index contributed by atoms with van der Waals surface area (Å²) in [5.74, 6) is -0.282. The van der Waals surface area contributed by atoms with Gasteiger partial charge in [-0.3, -0.25) is 23.5 Å².